The number of benzene rings is 2. The van der Waals surface area contributed by atoms with E-state index in [0.717, 1.165) is 44.6 Å². The lowest BCUT2D eigenvalue weighted by Gasteiger charge is -2.33. The number of rotatable bonds is 7. The predicted molar refractivity (Wildman–Crippen MR) is 132 cm³/mol. The Labute approximate surface area is 209 Å². The average molecular weight is 497 g/mol. The zero-order valence-corrected chi connectivity index (χ0v) is 20.3. The van der Waals surface area contributed by atoms with Crippen LogP contribution < -0.4 is 4.90 Å². The van der Waals surface area contributed by atoms with Crippen LogP contribution in [0.5, 0.6) is 0 Å². The fraction of sp³-hybridized carbons (Fsp3) is 0.407. The second-order valence-electron chi connectivity index (χ2n) is 9.44. The lowest BCUT2D eigenvalue weighted by Crippen LogP contribution is -2.45. The number of likely N-dealkylation sites (N-methyl/N-ethyl adjacent to an activating group) is 1. The van der Waals surface area contributed by atoms with Gasteiger partial charge < -0.3 is 24.0 Å². The molecule has 1 atom stereocenters. The molecule has 2 fully saturated rings. The summed E-state index contributed by atoms with van der Waals surface area (Å²) in [5, 5.41) is 4.36. The number of nitrogens with zero attached hydrogens (tertiary/aromatic N) is 4. The van der Waals surface area contributed by atoms with Gasteiger partial charge in [0.25, 0.3) is 5.91 Å². The van der Waals surface area contributed by atoms with Gasteiger partial charge in [0.1, 0.15) is 17.3 Å². The molecule has 2 saturated heterocycles. The summed E-state index contributed by atoms with van der Waals surface area (Å²) < 4.78 is 39.3. The molecule has 0 saturated carbocycles. The summed E-state index contributed by atoms with van der Waals surface area (Å²) in [5.74, 6) is -0.496. The number of anilines is 1. The molecule has 7 nitrogen and oxygen atoms in total. The van der Waals surface area contributed by atoms with Gasteiger partial charge >= 0.3 is 0 Å². The number of aromatic nitrogens is 1. The summed E-state index contributed by atoms with van der Waals surface area (Å²) in [4.78, 5) is 19.7. The second kappa shape index (κ2) is 10.8. The smallest absolute Gasteiger partial charge is 0.254 e. The minimum Gasteiger partial charge on any atom is -0.376 e. The van der Waals surface area contributed by atoms with Crippen LogP contribution in [0.2, 0.25) is 0 Å². The maximum atomic E-state index is 14.0. The third-order valence-electron chi connectivity index (χ3n) is 6.83. The molecular formula is C27H30F2N4O3. The number of piperazine rings is 1. The van der Waals surface area contributed by atoms with Gasteiger partial charge in [0.05, 0.1) is 18.2 Å². The van der Waals surface area contributed by atoms with Crippen LogP contribution in [0.15, 0.2) is 53.1 Å². The van der Waals surface area contributed by atoms with Crippen LogP contribution in [-0.4, -0.2) is 73.3 Å². The molecule has 9 heteroatoms. The molecule has 1 amide bonds. The Hall–Kier alpha value is -3.30. The largest absolute Gasteiger partial charge is 0.376 e. The van der Waals surface area contributed by atoms with Crippen LogP contribution in [0, 0.1) is 11.6 Å². The first kappa shape index (κ1) is 24.4. The van der Waals surface area contributed by atoms with E-state index >= 15 is 0 Å². The van der Waals surface area contributed by atoms with Crippen LogP contribution in [0.25, 0.3) is 11.3 Å². The normalized spacial score (nSPS) is 18.5. The first-order valence-electron chi connectivity index (χ1n) is 12.3. The minimum atomic E-state index is -0.465. The van der Waals surface area contributed by atoms with Crippen LogP contribution in [0.1, 0.15) is 28.8 Å². The summed E-state index contributed by atoms with van der Waals surface area (Å²) in [6, 6.07) is 11.8. The Morgan fingerprint density at radius 1 is 1.08 bits per heavy atom. The molecule has 0 spiro atoms. The first-order valence-corrected chi connectivity index (χ1v) is 12.3. The highest BCUT2D eigenvalue weighted by molar-refractivity contribution is 5.94. The van der Waals surface area contributed by atoms with Gasteiger partial charge in [-0.2, -0.15) is 0 Å². The Morgan fingerprint density at radius 3 is 2.56 bits per heavy atom. The monoisotopic (exact) mass is 496 g/mol. The Kier molecular flexibility index (Phi) is 7.29. The third-order valence-corrected chi connectivity index (χ3v) is 6.83. The fourth-order valence-electron chi connectivity index (χ4n) is 4.78. The van der Waals surface area contributed by atoms with Gasteiger partial charge in [-0.25, -0.2) is 8.78 Å². The van der Waals surface area contributed by atoms with Gasteiger partial charge in [0.2, 0.25) is 5.88 Å². The van der Waals surface area contributed by atoms with Gasteiger partial charge in [-0.15, -0.1) is 0 Å². The molecule has 3 heterocycles. The van der Waals surface area contributed by atoms with Crippen molar-refractivity contribution in [2.24, 2.45) is 0 Å². The Bertz CT molecular complexity index is 1190. The molecule has 0 bridgehead atoms. The predicted octanol–water partition coefficient (Wildman–Crippen LogP) is 4.19. The van der Waals surface area contributed by atoms with E-state index in [2.05, 4.69) is 22.0 Å². The van der Waals surface area contributed by atoms with E-state index in [9.17, 15) is 13.6 Å². The number of amides is 1. The maximum absolute atomic E-state index is 14.0. The third kappa shape index (κ3) is 5.42. The molecule has 0 radical (unpaired) electrons. The maximum Gasteiger partial charge on any atom is 0.254 e. The highest BCUT2D eigenvalue weighted by Crippen LogP contribution is 2.34. The van der Waals surface area contributed by atoms with E-state index in [4.69, 9.17) is 9.26 Å². The molecule has 3 aromatic rings. The van der Waals surface area contributed by atoms with Crippen molar-refractivity contribution in [3.63, 3.8) is 0 Å². The summed E-state index contributed by atoms with van der Waals surface area (Å²) in [6.07, 6.45) is 1.70. The lowest BCUT2D eigenvalue weighted by atomic mass is 10.1. The molecule has 5 rings (SSSR count). The molecule has 0 N–H and O–H groups in total. The number of ether oxygens (including phenoxy) is 1. The second-order valence-corrected chi connectivity index (χ2v) is 9.44. The van der Waals surface area contributed by atoms with Crippen molar-refractivity contribution in [2.45, 2.75) is 25.5 Å². The van der Waals surface area contributed by atoms with Gasteiger partial charge in [0.15, 0.2) is 0 Å². The average Bonchev–Trinajstić information content (AvgIpc) is 3.54. The summed E-state index contributed by atoms with van der Waals surface area (Å²) in [5.41, 5.74) is 2.28. The van der Waals surface area contributed by atoms with E-state index < -0.39 is 5.82 Å². The van der Waals surface area contributed by atoms with Crippen molar-refractivity contribution in [1.29, 1.82) is 0 Å². The first-order chi connectivity index (χ1) is 17.5. The molecule has 2 aliphatic heterocycles. The molecular weight excluding hydrogens is 466 g/mol. The number of carbonyl (C=O) groups is 1. The van der Waals surface area contributed by atoms with Crippen molar-refractivity contribution in [2.75, 3.05) is 51.3 Å². The lowest BCUT2D eigenvalue weighted by molar-refractivity contribution is 0.0507. The summed E-state index contributed by atoms with van der Waals surface area (Å²) >= 11 is 0. The summed E-state index contributed by atoms with van der Waals surface area (Å²) in [7, 11) is 2.07. The highest BCUT2D eigenvalue weighted by atomic mass is 19.1. The van der Waals surface area contributed by atoms with Gasteiger partial charge in [0, 0.05) is 50.5 Å². The molecule has 1 unspecified atom stereocenters. The van der Waals surface area contributed by atoms with E-state index in [1.54, 1.807) is 23.1 Å². The van der Waals surface area contributed by atoms with Crippen molar-refractivity contribution < 1.29 is 22.8 Å². The van der Waals surface area contributed by atoms with Gasteiger partial charge in [-0.05, 0) is 62.4 Å². The standard InChI is InChI=1S/C27H30F2N4O3/c1-31-11-13-32(14-12-31)27-24(25(30-36-27)19-7-9-21(28)10-8-19)18-33(17-23-6-3-15-35-23)26(34)20-4-2-5-22(29)16-20/h2,4-5,7-10,16,23H,3,6,11-15,17-18H2,1H3. The van der Waals surface area contributed by atoms with E-state index in [0.29, 0.717) is 30.3 Å². The number of carbonyl (C=O) groups excluding carboxylic acids is 1. The summed E-state index contributed by atoms with van der Waals surface area (Å²) in [6.45, 7) is 4.48. The van der Waals surface area contributed by atoms with Crippen molar-refractivity contribution in [3.05, 3.63) is 71.3 Å². The molecule has 36 heavy (non-hydrogen) atoms. The zero-order chi connectivity index (χ0) is 25.1. The molecule has 1 aromatic heterocycles. The van der Waals surface area contributed by atoms with E-state index in [1.165, 1.54) is 30.3 Å². The molecule has 2 aliphatic rings. The molecule has 2 aromatic carbocycles. The van der Waals surface area contributed by atoms with Gasteiger partial charge in [-0.1, -0.05) is 11.2 Å². The van der Waals surface area contributed by atoms with Crippen LogP contribution in [0.3, 0.4) is 0 Å². The molecule has 0 aliphatic carbocycles. The fourth-order valence-corrected chi connectivity index (χ4v) is 4.78. The van der Waals surface area contributed by atoms with Crippen LogP contribution in [-0.2, 0) is 11.3 Å². The molecule has 190 valence electrons. The zero-order valence-electron chi connectivity index (χ0n) is 20.3. The highest BCUT2D eigenvalue weighted by Gasteiger charge is 2.30. The van der Waals surface area contributed by atoms with Crippen LogP contribution >= 0.6 is 0 Å². The van der Waals surface area contributed by atoms with Crippen molar-refractivity contribution >= 4 is 11.8 Å². The topological polar surface area (TPSA) is 62.1 Å². The quantitative estimate of drug-likeness (QED) is 0.489. The number of hydrogen-bond acceptors (Lipinski definition) is 6. The Balaban J connectivity index is 1.52. The van der Waals surface area contributed by atoms with Crippen molar-refractivity contribution in [1.82, 2.24) is 15.0 Å². The number of halogens is 2. The van der Waals surface area contributed by atoms with Gasteiger partial charge in [-0.3, -0.25) is 4.79 Å². The number of hydrogen-bond donors (Lipinski definition) is 0. The van der Waals surface area contributed by atoms with Crippen LogP contribution in [0.4, 0.5) is 14.7 Å². The SMILES string of the molecule is CN1CCN(c2onc(-c3ccc(F)cc3)c2CN(CC2CCCO2)C(=O)c2cccc(F)c2)CC1. The van der Waals surface area contributed by atoms with Crippen molar-refractivity contribution in [3.8, 4) is 11.3 Å². The van der Waals surface area contributed by atoms with E-state index in [-0.39, 0.29) is 29.9 Å². The minimum absolute atomic E-state index is 0.0938. The van der Waals surface area contributed by atoms with E-state index in [1.807, 2.05) is 0 Å². The Morgan fingerprint density at radius 2 is 1.86 bits per heavy atom.